The summed E-state index contributed by atoms with van der Waals surface area (Å²) >= 11 is 0. The minimum Gasteiger partial charge on any atom is -0.495 e. The lowest BCUT2D eigenvalue weighted by atomic mass is 10.2. The number of anilines is 3. The molecule has 2 N–H and O–H groups in total. The Morgan fingerprint density at radius 2 is 2.00 bits per heavy atom. The van der Waals surface area contributed by atoms with Gasteiger partial charge in [0.15, 0.2) is 0 Å². The van der Waals surface area contributed by atoms with Gasteiger partial charge in [-0.3, -0.25) is 4.79 Å². The molecule has 3 aromatic rings. The van der Waals surface area contributed by atoms with Gasteiger partial charge in [0, 0.05) is 11.9 Å². The third-order valence-corrected chi connectivity index (χ3v) is 3.49. The first-order valence-corrected chi connectivity index (χ1v) is 7.74. The minimum atomic E-state index is -0.398. The maximum absolute atomic E-state index is 12.4. The lowest BCUT2D eigenvalue weighted by Crippen LogP contribution is -2.14. The Bertz CT molecular complexity index is 981. The molecule has 1 aromatic heterocycles. The number of amides is 1. The number of aromatic nitrogens is 2. The fraction of sp³-hybridized carbons (Fsp3) is 0.0526. The number of hydrogen-bond acceptors (Lipinski definition) is 6. The van der Waals surface area contributed by atoms with Crippen LogP contribution < -0.4 is 15.4 Å². The predicted molar refractivity (Wildman–Crippen MR) is 97.4 cm³/mol. The molecule has 1 amide bonds. The van der Waals surface area contributed by atoms with Crippen LogP contribution in [-0.4, -0.2) is 23.0 Å². The normalized spacial score (nSPS) is 9.85. The molecule has 0 spiro atoms. The third-order valence-electron chi connectivity index (χ3n) is 3.49. The number of nitrogens with zero attached hydrogens (tertiary/aromatic N) is 3. The number of nitrogens with one attached hydrogen (secondary N) is 2. The molecule has 0 atom stereocenters. The molecule has 0 aliphatic rings. The zero-order valence-corrected chi connectivity index (χ0v) is 13.9. The Hall–Kier alpha value is -3.92. The maximum Gasteiger partial charge on any atom is 0.274 e. The highest BCUT2D eigenvalue weighted by Crippen LogP contribution is 2.25. The highest BCUT2D eigenvalue weighted by molar-refractivity contribution is 6.03. The van der Waals surface area contributed by atoms with Gasteiger partial charge in [-0.15, -0.1) is 0 Å². The molecule has 7 nitrogen and oxygen atoms in total. The van der Waals surface area contributed by atoms with Gasteiger partial charge in [-0.25, -0.2) is 9.97 Å². The lowest BCUT2D eigenvalue weighted by Gasteiger charge is -2.10. The molecule has 0 fully saturated rings. The van der Waals surface area contributed by atoms with Crippen LogP contribution in [0.25, 0.3) is 0 Å². The summed E-state index contributed by atoms with van der Waals surface area (Å²) in [5, 5.41) is 14.7. The molecule has 128 valence electrons. The molecule has 7 heteroatoms. The zero-order chi connectivity index (χ0) is 18.4. The van der Waals surface area contributed by atoms with E-state index in [1.165, 1.54) is 12.3 Å². The van der Waals surface area contributed by atoms with Gasteiger partial charge >= 0.3 is 0 Å². The van der Waals surface area contributed by atoms with Gasteiger partial charge in [-0.05, 0) is 36.4 Å². The fourth-order valence-electron chi connectivity index (χ4n) is 2.28. The molecular weight excluding hydrogens is 330 g/mol. The first kappa shape index (κ1) is 16.9. The van der Waals surface area contributed by atoms with Gasteiger partial charge in [-0.1, -0.05) is 18.2 Å². The van der Waals surface area contributed by atoms with Gasteiger partial charge < -0.3 is 15.4 Å². The second kappa shape index (κ2) is 7.77. The van der Waals surface area contributed by atoms with Crippen molar-refractivity contribution in [2.24, 2.45) is 0 Å². The van der Waals surface area contributed by atoms with Crippen LogP contribution in [0.1, 0.15) is 16.1 Å². The Morgan fingerprint density at radius 1 is 1.15 bits per heavy atom. The summed E-state index contributed by atoms with van der Waals surface area (Å²) in [4.78, 5) is 20.8. The largest absolute Gasteiger partial charge is 0.495 e. The predicted octanol–water partition coefficient (Wildman–Crippen LogP) is 3.35. The number of hydrogen-bond donors (Lipinski definition) is 2. The number of benzene rings is 2. The van der Waals surface area contributed by atoms with Crippen molar-refractivity contribution in [2.75, 3.05) is 17.7 Å². The number of methoxy groups -OCH3 is 1. The van der Waals surface area contributed by atoms with Crippen LogP contribution in [-0.2, 0) is 0 Å². The summed E-state index contributed by atoms with van der Waals surface area (Å²) in [6, 6.07) is 17.5. The molecule has 0 aliphatic heterocycles. The van der Waals surface area contributed by atoms with Gasteiger partial charge in [0.1, 0.15) is 11.4 Å². The van der Waals surface area contributed by atoms with E-state index >= 15 is 0 Å². The van der Waals surface area contributed by atoms with Crippen LogP contribution in [0.4, 0.5) is 17.3 Å². The van der Waals surface area contributed by atoms with E-state index in [0.29, 0.717) is 22.7 Å². The van der Waals surface area contributed by atoms with E-state index in [1.807, 2.05) is 24.3 Å². The summed E-state index contributed by atoms with van der Waals surface area (Å²) in [6.45, 7) is 0. The number of para-hydroxylation sites is 2. The first-order chi connectivity index (χ1) is 12.7. The molecule has 3 rings (SSSR count). The van der Waals surface area contributed by atoms with Gasteiger partial charge in [-0.2, -0.15) is 5.26 Å². The summed E-state index contributed by atoms with van der Waals surface area (Å²) in [6.07, 6.45) is 1.49. The molecule has 0 radical (unpaired) electrons. The summed E-state index contributed by atoms with van der Waals surface area (Å²) < 4.78 is 5.27. The van der Waals surface area contributed by atoms with Crippen LogP contribution in [0.2, 0.25) is 0 Å². The highest BCUT2D eigenvalue weighted by atomic mass is 16.5. The second-order valence-corrected chi connectivity index (χ2v) is 5.24. The van der Waals surface area contributed by atoms with E-state index in [9.17, 15) is 4.79 Å². The molecule has 0 unspecified atom stereocenters. The zero-order valence-electron chi connectivity index (χ0n) is 13.9. The van der Waals surface area contributed by atoms with Gasteiger partial charge in [0.25, 0.3) is 5.91 Å². The van der Waals surface area contributed by atoms with Crippen LogP contribution in [0, 0.1) is 11.3 Å². The van der Waals surface area contributed by atoms with E-state index in [-0.39, 0.29) is 11.6 Å². The van der Waals surface area contributed by atoms with E-state index in [4.69, 9.17) is 10.00 Å². The van der Waals surface area contributed by atoms with Gasteiger partial charge in [0.2, 0.25) is 5.95 Å². The number of carbonyl (C=O) groups is 1. The Kier molecular flexibility index (Phi) is 5.05. The highest BCUT2D eigenvalue weighted by Gasteiger charge is 2.11. The summed E-state index contributed by atoms with van der Waals surface area (Å²) in [5.41, 5.74) is 1.87. The molecule has 0 bridgehead atoms. The van der Waals surface area contributed by atoms with E-state index < -0.39 is 5.91 Å². The van der Waals surface area contributed by atoms with Crippen molar-refractivity contribution < 1.29 is 9.53 Å². The molecule has 0 saturated heterocycles. The van der Waals surface area contributed by atoms with Crippen LogP contribution in [0.3, 0.4) is 0 Å². The van der Waals surface area contributed by atoms with Crippen LogP contribution >= 0.6 is 0 Å². The van der Waals surface area contributed by atoms with Crippen LogP contribution in [0.5, 0.6) is 5.75 Å². The summed E-state index contributed by atoms with van der Waals surface area (Å²) in [7, 11) is 1.57. The van der Waals surface area contributed by atoms with Crippen molar-refractivity contribution in [3.63, 3.8) is 0 Å². The van der Waals surface area contributed by atoms with E-state index in [2.05, 4.69) is 20.6 Å². The lowest BCUT2D eigenvalue weighted by molar-refractivity contribution is 0.102. The SMILES string of the molecule is COc1ccccc1Nc1nccc(C(=O)Nc2cccc(C#N)c2)n1. The smallest absolute Gasteiger partial charge is 0.274 e. The standard InChI is InChI=1S/C19H15N5O2/c1-26-17-8-3-2-7-15(17)23-19-21-10-9-16(24-19)18(25)22-14-6-4-5-13(11-14)12-20/h2-11H,1H3,(H,22,25)(H,21,23,24). The molecule has 1 heterocycles. The average molecular weight is 345 g/mol. The van der Waals surface area contributed by atoms with E-state index in [1.54, 1.807) is 37.4 Å². The Labute approximate surface area is 150 Å². The number of ether oxygens (including phenoxy) is 1. The number of carbonyl (C=O) groups excluding carboxylic acids is 1. The monoisotopic (exact) mass is 345 g/mol. The molecular formula is C19H15N5O2. The van der Waals surface area contributed by atoms with E-state index in [0.717, 1.165) is 0 Å². The minimum absolute atomic E-state index is 0.194. The summed E-state index contributed by atoms with van der Waals surface area (Å²) in [5.74, 6) is 0.512. The van der Waals surface area contributed by atoms with Crippen LogP contribution in [0.15, 0.2) is 60.8 Å². The average Bonchev–Trinajstić information content (AvgIpc) is 2.69. The molecule has 26 heavy (non-hydrogen) atoms. The van der Waals surface area contributed by atoms with Crippen molar-refractivity contribution in [2.45, 2.75) is 0 Å². The number of nitriles is 1. The first-order valence-electron chi connectivity index (χ1n) is 7.74. The number of rotatable bonds is 5. The molecule has 2 aromatic carbocycles. The third kappa shape index (κ3) is 3.94. The molecule has 0 saturated carbocycles. The van der Waals surface area contributed by atoms with Crippen molar-refractivity contribution in [1.82, 2.24) is 9.97 Å². The molecule has 0 aliphatic carbocycles. The quantitative estimate of drug-likeness (QED) is 0.735. The Morgan fingerprint density at radius 3 is 2.81 bits per heavy atom. The van der Waals surface area contributed by atoms with Crippen molar-refractivity contribution in [3.05, 3.63) is 72.1 Å². The van der Waals surface area contributed by atoms with Gasteiger partial charge in [0.05, 0.1) is 24.4 Å². The van der Waals surface area contributed by atoms with Crippen molar-refractivity contribution >= 4 is 23.2 Å². The Balaban J connectivity index is 1.78. The fourth-order valence-corrected chi connectivity index (χ4v) is 2.28. The van der Waals surface area contributed by atoms with Crippen molar-refractivity contribution in [3.8, 4) is 11.8 Å². The maximum atomic E-state index is 12.4. The van der Waals surface area contributed by atoms with Crippen molar-refractivity contribution in [1.29, 1.82) is 5.26 Å². The topological polar surface area (TPSA) is 99.9 Å². The second-order valence-electron chi connectivity index (χ2n) is 5.24.